The summed E-state index contributed by atoms with van der Waals surface area (Å²) < 4.78 is 5.74. The number of rotatable bonds is 5. The van der Waals surface area contributed by atoms with Gasteiger partial charge >= 0.3 is 0 Å². The van der Waals surface area contributed by atoms with Crippen molar-refractivity contribution in [3.63, 3.8) is 0 Å². The fourth-order valence-electron chi connectivity index (χ4n) is 2.52. The second-order valence-electron chi connectivity index (χ2n) is 5.61. The van der Waals surface area contributed by atoms with E-state index in [0.29, 0.717) is 37.0 Å². The van der Waals surface area contributed by atoms with Crippen LogP contribution in [-0.2, 0) is 6.42 Å². The molecule has 0 spiro atoms. The van der Waals surface area contributed by atoms with Crippen LogP contribution in [0.2, 0.25) is 10.0 Å². The smallest absolute Gasteiger partial charge is 0.269 e. The molecule has 3 rings (SSSR count). The molecule has 1 heterocycles. The Bertz CT molecular complexity index is 1040. The number of halogens is 3. The standard InChI is InChI=1S/C18H14BrCl2N3O3/c1-27-9-5-6-13(19)10(7-9)17(25)22-16-12(18(26)24-23-16)8-11-14(20)3-2-4-15(11)21/h2-7H,8H2,1H3,(H3,22,23,24,25,26). The molecular weight excluding hydrogens is 457 g/mol. The molecule has 0 aliphatic rings. The van der Waals surface area contributed by atoms with E-state index in [-0.39, 0.29) is 17.8 Å². The summed E-state index contributed by atoms with van der Waals surface area (Å²) >= 11 is 15.7. The zero-order chi connectivity index (χ0) is 19.6. The summed E-state index contributed by atoms with van der Waals surface area (Å²) in [5.41, 5.74) is 0.908. The molecule has 0 unspecified atom stereocenters. The number of hydrogen-bond acceptors (Lipinski definition) is 3. The quantitative estimate of drug-likeness (QED) is 0.508. The molecule has 3 aromatic rings. The molecule has 0 saturated carbocycles. The molecule has 0 saturated heterocycles. The van der Waals surface area contributed by atoms with Gasteiger partial charge in [-0.05, 0) is 51.8 Å². The molecular formula is C18H14BrCl2N3O3. The molecule has 27 heavy (non-hydrogen) atoms. The van der Waals surface area contributed by atoms with Crippen LogP contribution in [0, 0.1) is 0 Å². The monoisotopic (exact) mass is 469 g/mol. The van der Waals surface area contributed by atoms with Gasteiger partial charge in [0.2, 0.25) is 0 Å². The summed E-state index contributed by atoms with van der Waals surface area (Å²) in [5, 5.41) is 8.74. The van der Waals surface area contributed by atoms with Crippen molar-refractivity contribution in [1.82, 2.24) is 10.2 Å². The first-order chi connectivity index (χ1) is 12.9. The Morgan fingerprint density at radius 1 is 1.15 bits per heavy atom. The van der Waals surface area contributed by atoms with Gasteiger partial charge in [0, 0.05) is 20.9 Å². The zero-order valence-corrected chi connectivity index (χ0v) is 17.1. The molecule has 1 amide bonds. The van der Waals surface area contributed by atoms with Crippen molar-refractivity contribution in [3.8, 4) is 5.75 Å². The number of methoxy groups -OCH3 is 1. The molecule has 0 bridgehead atoms. The van der Waals surface area contributed by atoms with E-state index >= 15 is 0 Å². The maximum absolute atomic E-state index is 12.7. The van der Waals surface area contributed by atoms with Gasteiger partial charge in [0.1, 0.15) is 11.6 Å². The highest BCUT2D eigenvalue weighted by Gasteiger charge is 2.18. The molecule has 2 aromatic carbocycles. The lowest BCUT2D eigenvalue weighted by molar-refractivity contribution is 0.102. The maximum atomic E-state index is 12.7. The fraction of sp³-hybridized carbons (Fsp3) is 0.111. The van der Waals surface area contributed by atoms with Crippen molar-refractivity contribution in [1.29, 1.82) is 0 Å². The summed E-state index contributed by atoms with van der Waals surface area (Å²) in [5.74, 6) is 0.368. The average Bonchev–Trinajstić information content (AvgIpc) is 2.98. The number of hydrogen-bond donors (Lipinski definition) is 3. The topological polar surface area (TPSA) is 87.0 Å². The molecule has 0 radical (unpaired) electrons. The van der Waals surface area contributed by atoms with Crippen molar-refractivity contribution in [2.24, 2.45) is 0 Å². The van der Waals surface area contributed by atoms with Crippen LogP contribution in [-0.4, -0.2) is 23.2 Å². The maximum Gasteiger partial charge on any atom is 0.269 e. The van der Waals surface area contributed by atoms with E-state index < -0.39 is 5.91 Å². The van der Waals surface area contributed by atoms with E-state index in [0.717, 1.165) is 0 Å². The minimum absolute atomic E-state index is 0.159. The van der Waals surface area contributed by atoms with E-state index in [1.54, 1.807) is 36.4 Å². The number of aromatic nitrogens is 2. The Hall–Kier alpha value is -2.22. The van der Waals surface area contributed by atoms with Gasteiger partial charge in [-0.2, -0.15) is 0 Å². The predicted molar refractivity (Wildman–Crippen MR) is 109 cm³/mol. The minimum Gasteiger partial charge on any atom is -0.497 e. The van der Waals surface area contributed by atoms with Crippen LogP contribution in [0.5, 0.6) is 5.75 Å². The number of carbonyl (C=O) groups is 1. The van der Waals surface area contributed by atoms with Crippen molar-refractivity contribution >= 4 is 50.9 Å². The van der Waals surface area contributed by atoms with E-state index in [4.69, 9.17) is 27.9 Å². The number of carbonyl (C=O) groups excluding carboxylic acids is 1. The third-order valence-corrected chi connectivity index (χ3v) is 5.35. The van der Waals surface area contributed by atoms with Crippen LogP contribution >= 0.6 is 39.1 Å². The first kappa shape index (κ1) is 19.5. The highest BCUT2D eigenvalue weighted by molar-refractivity contribution is 9.10. The molecule has 140 valence electrons. The predicted octanol–water partition coefficient (Wildman–Crippen LogP) is 4.62. The minimum atomic E-state index is -0.414. The molecule has 9 heteroatoms. The van der Waals surface area contributed by atoms with Crippen molar-refractivity contribution in [2.75, 3.05) is 12.4 Å². The van der Waals surface area contributed by atoms with Crippen molar-refractivity contribution in [3.05, 3.63) is 78.0 Å². The molecule has 6 nitrogen and oxygen atoms in total. The van der Waals surface area contributed by atoms with Crippen LogP contribution in [0.25, 0.3) is 0 Å². The van der Waals surface area contributed by atoms with Crippen LogP contribution in [0.15, 0.2) is 45.7 Å². The van der Waals surface area contributed by atoms with Gasteiger partial charge in [0.05, 0.1) is 18.2 Å². The number of aromatic amines is 2. The van der Waals surface area contributed by atoms with Crippen LogP contribution in [0.1, 0.15) is 21.5 Å². The first-order valence-electron chi connectivity index (χ1n) is 7.78. The molecule has 3 N–H and O–H groups in total. The van der Waals surface area contributed by atoms with Gasteiger partial charge in [-0.25, -0.2) is 0 Å². The zero-order valence-electron chi connectivity index (χ0n) is 14.0. The van der Waals surface area contributed by atoms with E-state index in [9.17, 15) is 9.59 Å². The third-order valence-electron chi connectivity index (χ3n) is 3.95. The average molecular weight is 471 g/mol. The Labute approximate surface area is 172 Å². The van der Waals surface area contributed by atoms with E-state index in [1.165, 1.54) is 7.11 Å². The Balaban J connectivity index is 1.91. The summed E-state index contributed by atoms with van der Waals surface area (Å²) in [6, 6.07) is 10.1. The van der Waals surface area contributed by atoms with Gasteiger partial charge in [0.15, 0.2) is 0 Å². The lowest BCUT2D eigenvalue weighted by Crippen LogP contribution is -2.16. The Kier molecular flexibility index (Phi) is 5.94. The number of benzene rings is 2. The lowest BCUT2D eigenvalue weighted by Gasteiger charge is -2.10. The first-order valence-corrected chi connectivity index (χ1v) is 9.33. The van der Waals surface area contributed by atoms with Crippen LogP contribution in [0.3, 0.4) is 0 Å². The number of nitrogens with one attached hydrogen (secondary N) is 3. The molecule has 0 aliphatic carbocycles. The number of amides is 1. The van der Waals surface area contributed by atoms with E-state index in [2.05, 4.69) is 31.4 Å². The van der Waals surface area contributed by atoms with Gasteiger partial charge < -0.3 is 10.1 Å². The second kappa shape index (κ2) is 8.21. The van der Waals surface area contributed by atoms with Gasteiger partial charge in [-0.15, -0.1) is 0 Å². The van der Waals surface area contributed by atoms with Crippen molar-refractivity contribution in [2.45, 2.75) is 6.42 Å². The summed E-state index contributed by atoms with van der Waals surface area (Å²) in [7, 11) is 1.51. The summed E-state index contributed by atoms with van der Waals surface area (Å²) in [6.07, 6.45) is 0.159. The van der Waals surface area contributed by atoms with E-state index in [1.807, 2.05) is 0 Å². The number of H-pyrrole nitrogens is 2. The highest BCUT2D eigenvalue weighted by Crippen LogP contribution is 2.28. The lowest BCUT2D eigenvalue weighted by atomic mass is 10.1. The fourth-order valence-corrected chi connectivity index (χ4v) is 3.48. The highest BCUT2D eigenvalue weighted by atomic mass is 79.9. The second-order valence-corrected chi connectivity index (χ2v) is 7.28. The van der Waals surface area contributed by atoms with Gasteiger partial charge in [-0.1, -0.05) is 29.3 Å². The molecule has 0 atom stereocenters. The Morgan fingerprint density at radius 3 is 2.52 bits per heavy atom. The molecule has 0 fully saturated rings. The van der Waals surface area contributed by atoms with Crippen LogP contribution in [0.4, 0.5) is 5.82 Å². The Morgan fingerprint density at radius 2 is 1.85 bits per heavy atom. The molecule has 0 aliphatic heterocycles. The normalized spacial score (nSPS) is 10.7. The SMILES string of the molecule is COc1ccc(Br)c(C(=O)Nc2[nH][nH]c(=O)c2Cc2c(Cl)cccc2Cl)c1. The molecule has 1 aromatic heterocycles. The third kappa shape index (κ3) is 4.21. The summed E-state index contributed by atoms with van der Waals surface area (Å²) in [6.45, 7) is 0. The number of ether oxygens (including phenoxy) is 1. The van der Waals surface area contributed by atoms with Gasteiger partial charge in [0.25, 0.3) is 11.5 Å². The van der Waals surface area contributed by atoms with Gasteiger partial charge in [-0.3, -0.25) is 19.8 Å². The largest absolute Gasteiger partial charge is 0.497 e. The number of anilines is 1. The van der Waals surface area contributed by atoms with Crippen LogP contribution < -0.4 is 15.6 Å². The van der Waals surface area contributed by atoms with Crippen molar-refractivity contribution < 1.29 is 9.53 Å². The summed E-state index contributed by atoms with van der Waals surface area (Å²) in [4.78, 5) is 24.9.